The Balaban J connectivity index is 1.78. The zero-order valence-electron chi connectivity index (χ0n) is 13.6. The van der Waals surface area contributed by atoms with E-state index in [-0.39, 0.29) is 17.7 Å². The van der Waals surface area contributed by atoms with Crippen LogP contribution in [0.4, 0.5) is 5.82 Å². The molecule has 0 aromatic carbocycles. The quantitative estimate of drug-likeness (QED) is 0.748. The van der Waals surface area contributed by atoms with E-state index in [0.29, 0.717) is 12.8 Å². The number of carbonyl (C=O) groups is 2. The van der Waals surface area contributed by atoms with Gasteiger partial charge < -0.3 is 10.2 Å². The molecule has 4 rings (SSSR count). The maximum Gasteiger partial charge on any atom is 0.235 e. The number of piperazine rings is 1. The molecule has 8 nitrogen and oxygen atoms in total. The number of aromatic nitrogens is 3. The normalized spacial score (nSPS) is 22.0. The number of rotatable bonds is 2. The van der Waals surface area contributed by atoms with Crippen LogP contribution in [0.15, 0.2) is 12.3 Å². The highest BCUT2D eigenvalue weighted by Crippen LogP contribution is 2.33. The number of piperidine rings is 1. The van der Waals surface area contributed by atoms with E-state index in [2.05, 4.69) is 25.6 Å². The molecule has 2 aromatic heterocycles. The molecule has 2 aromatic rings. The minimum absolute atomic E-state index is 0.209. The minimum atomic E-state index is -0.385. The number of aryl methyl sites for hydroxylation is 1. The zero-order valence-corrected chi connectivity index (χ0v) is 13.6. The van der Waals surface area contributed by atoms with Gasteiger partial charge in [0, 0.05) is 51.2 Å². The summed E-state index contributed by atoms with van der Waals surface area (Å²) in [5.74, 6) is 0.0543. The van der Waals surface area contributed by atoms with Crippen molar-refractivity contribution in [3.63, 3.8) is 0 Å². The fourth-order valence-electron chi connectivity index (χ4n) is 3.55. The summed E-state index contributed by atoms with van der Waals surface area (Å²) in [6, 6.07) is 1.91. The van der Waals surface area contributed by atoms with Gasteiger partial charge in [-0.25, -0.2) is 4.98 Å². The predicted octanol–water partition coefficient (Wildman–Crippen LogP) is -0.102. The second kappa shape index (κ2) is 5.86. The van der Waals surface area contributed by atoms with Gasteiger partial charge in [0.05, 0.1) is 11.6 Å². The summed E-state index contributed by atoms with van der Waals surface area (Å²) in [5.41, 5.74) is 1.68. The Kier molecular flexibility index (Phi) is 3.68. The third kappa shape index (κ3) is 2.43. The Morgan fingerprint density at radius 1 is 1.25 bits per heavy atom. The third-order valence-electron chi connectivity index (χ3n) is 4.75. The number of imide groups is 1. The topological polar surface area (TPSA) is 92.1 Å². The molecule has 4 heterocycles. The fraction of sp³-hybridized carbons (Fsp3) is 0.500. The summed E-state index contributed by atoms with van der Waals surface area (Å²) in [6.07, 6.45) is 2.63. The van der Waals surface area contributed by atoms with Crippen LogP contribution < -0.4 is 15.5 Å². The van der Waals surface area contributed by atoms with E-state index in [1.165, 1.54) is 0 Å². The molecule has 0 bridgehead atoms. The van der Waals surface area contributed by atoms with Gasteiger partial charge in [0.15, 0.2) is 5.82 Å². The van der Waals surface area contributed by atoms with Gasteiger partial charge in [0.25, 0.3) is 0 Å². The van der Waals surface area contributed by atoms with Crippen molar-refractivity contribution in [2.24, 2.45) is 7.05 Å². The molecule has 1 atom stereocenters. The average molecular weight is 328 g/mol. The van der Waals surface area contributed by atoms with E-state index in [1.807, 2.05) is 13.1 Å². The van der Waals surface area contributed by atoms with Gasteiger partial charge in [-0.2, -0.15) is 5.10 Å². The maximum absolute atomic E-state index is 12.2. The average Bonchev–Trinajstić information content (AvgIpc) is 2.93. The Labute approximate surface area is 139 Å². The summed E-state index contributed by atoms with van der Waals surface area (Å²) in [5, 5.41) is 11.3. The van der Waals surface area contributed by atoms with Crippen LogP contribution in [0.3, 0.4) is 0 Å². The van der Waals surface area contributed by atoms with Crippen LogP contribution in [-0.4, -0.2) is 52.8 Å². The van der Waals surface area contributed by atoms with Gasteiger partial charge in [0.2, 0.25) is 11.8 Å². The molecule has 2 aliphatic rings. The van der Waals surface area contributed by atoms with Crippen LogP contribution in [0.25, 0.3) is 10.9 Å². The first-order chi connectivity index (χ1) is 11.6. The monoisotopic (exact) mass is 328 g/mol. The fourth-order valence-corrected chi connectivity index (χ4v) is 3.55. The molecule has 0 spiro atoms. The number of hydrogen-bond donors (Lipinski definition) is 2. The molecule has 2 fully saturated rings. The highest BCUT2D eigenvalue weighted by molar-refractivity contribution is 6.03. The molecule has 2 amide bonds. The van der Waals surface area contributed by atoms with Crippen LogP contribution in [0.1, 0.15) is 24.5 Å². The zero-order chi connectivity index (χ0) is 16.7. The number of hydrogen-bond acceptors (Lipinski definition) is 6. The Hall–Kier alpha value is -2.48. The van der Waals surface area contributed by atoms with Crippen LogP contribution in [0.2, 0.25) is 0 Å². The van der Waals surface area contributed by atoms with Crippen LogP contribution >= 0.6 is 0 Å². The largest absolute Gasteiger partial charge is 0.352 e. The SMILES string of the molecule is Cn1nc(C2CCC(=O)NC2=O)c2ccnc(N3CCNCC3)c21. The number of fused-ring (bicyclic) bond motifs is 1. The van der Waals surface area contributed by atoms with Gasteiger partial charge in [-0.1, -0.05) is 0 Å². The standard InChI is InChI=1S/C16H20N6O2/c1-21-14-10(4-5-18-15(14)22-8-6-17-7-9-22)13(20-21)11-2-3-12(23)19-16(11)24/h4-5,11,17H,2-3,6-9H2,1H3,(H,19,23,24). The van der Waals surface area contributed by atoms with Crippen molar-refractivity contribution in [1.29, 1.82) is 0 Å². The lowest BCUT2D eigenvalue weighted by atomic mass is 9.93. The lowest BCUT2D eigenvalue weighted by Gasteiger charge is -2.28. The highest BCUT2D eigenvalue weighted by atomic mass is 16.2. The van der Waals surface area contributed by atoms with Gasteiger partial charge >= 0.3 is 0 Å². The number of anilines is 1. The molecule has 2 N–H and O–H groups in total. The molecule has 2 aliphatic heterocycles. The summed E-state index contributed by atoms with van der Waals surface area (Å²) in [6.45, 7) is 3.64. The van der Waals surface area contributed by atoms with Crippen LogP contribution in [0.5, 0.6) is 0 Å². The van der Waals surface area contributed by atoms with Crippen molar-refractivity contribution in [1.82, 2.24) is 25.4 Å². The second-order valence-electron chi connectivity index (χ2n) is 6.28. The van der Waals surface area contributed by atoms with E-state index >= 15 is 0 Å². The second-order valence-corrected chi connectivity index (χ2v) is 6.28. The first-order valence-electron chi connectivity index (χ1n) is 8.26. The summed E-state index contributed by atoms with van der Waals surface area (Å²) >= 11 is 0. The van der Waals surface area contributed by atoms with Crippen molar-refractivity contribution in [3.8, 4) is 0 Å². The first-order valence-corrected chi connectivity index (χ1v) is 8.26. The molecule has 8 heteroatoms. The molecule has 24 heavy (non-hydrogen) atoms. The molecule has 0 saturated carbocycles. The number of carbonyl (C=O) groups excluding carboxylic acids is 2. The molecular formula is C16H20N6O2. The van der Waals surface area contributed by atoms with E-state index in [1.54, 1.807) is 10.9 Å². The molecule has 1 unspecified atom stereocenters. The van der Waals surface area contributed by atoms with Gasteiger partial charge in [-0.3, -0.25) is 19.6 Å². The van der Waals surface area contributed by atoms with Crippen molar-refractivity contribution in [2.75, 3.05) is 31.1 Å². The molecular weight excluding hydrogens is 308 g/mol. The summed E-state index contributed by atoms with van der Waals surface area (Å²) in [4.78, 5) is 30.4. The van der Waals surface area contributed by atoms with E-state index in [9.17, 15) is 9.59 Å². The third-order valence-corrected chi connectivity index (χ3v) is 4.75. The maximum atomic E-state index is 12.2. The Morgan fingerprint density at radius 3 is 2.79 bits per heavy atom. The van der Waals surface area contributed by atoms with E-state index in [4.69, 9.17) is 0 Å². The first kappa shape index (κ1) is 15.1. The number of amides is 2. The van der Waals surface area contributed by atoms with Crippen molar-refractivity contribution in [2.45, 2.75) is 18.8 Å². The van der Waals surface area contributed by atoms with Crippen molar-refractivity contribution >= 4 is 28.5 Å². The molecule has 2 saturated heterocycles. The van der Waals surface area contributed by atoms with Crippen molar-refractivity contribution < 1.29 is 9.59 Å². The number of nitrogens with one attached hydrogen (secondary N) is 2. The molecule has 0 aliphatic carbocycles. The smallest absolute Gasteiger partial charge is 0.235 e. The number of nitrogens with zero attached hydrogens (tertiary/aromatic N) is 4. The van der Waals surface area contributed by atoms with E-state index < -0.39 is 0 Å². The lowest BCUT2D eigenvalue weighted by Crippen LogP contribution is -2.44. The highest BCUT2D eigenvalue weighted by Gasteiger charge is 2.32. The van der Waals surface area contributed by atoms with E-state index in [0.717, 1.165) is 48.6 Å². The van der Waals surface area contributed by atoms with Crippen molar-refractivity contribution in [3.05, 3.63) is 18.0 Å². The Morgan fingerprint density at radius 2 is 2.04 bits per heavy atom. The van der Waals surface area contributed by atoms with Gasteiger partial charge in [0.1, 0.15) is 5.52 Å². The van der Waals surface area contributed by atoms with Gasteiger partial charge in [-0.05, 0) is 12.5 Å². The summed E-state index contributed by atoms with van der Waals surface area (Å²) < 4.78 is 1.80. The van der Waals surface area contributed by atoms with Gasteiger partial charge in [-0.15, -0.1) is 0 Å². The molecule has 0 radical (unpaired) electrons. The van der Waals surface area contributed by atoms with Crippen LogP contribution in [-0.2, 0) is 16.6 Å². The molecule has 126 valence electrons. The number of pyridine rings is 1. The lowest BCUT2D eigenvalue weighted by molar-refractivity contribution is -0.134. The predicted molar refractivity (Wildman–Crippen MR) is 88.7 cm³/mol. The van der Waals surface area contributed by atoms with Crippen LogP contribution in [0, 0.1) is 0 Å². The minimum Gasteiger partial charge on any atom is -0.352 e. The summed E-state index contributed by atoms with van der Waals surface area (Å²) in [7, 11) is 1.88. The Bertz CT molecular complexity index is 808.